The summed E-state index contributed by atoms with van der Waals surface area (Å²) in [5.41, 5.74) is 3.04. The average molecular weight is 336 g/mol. The fraction of sp³-hybridized carbons (Fsp3) is 0.278. The van der Waals surface area contributed by atoms with Crippen molar-refractivity contribution in [3.63, 3.8) is 0 Å². The highest BCUT2D eigenvalue weighted by atomic mass is 35.5. The van der Waals surface area contributed by atoms with Crippen LogP contribution in [-0.4, -0.2) is 11.8 Å². The van der Waals surface area contributed by atoms with E-state index in [9.17, 15) is 4.79 Å². The van der Waals surface area contributed by atoms with Crippen LogP contribution in [0.5, 0.6) is 0 Å². The molecule has 0 heterocycles. The molecule has 116 valence electrons. The summed E-state index contributed by atoms with van der Waals surface area (Å²) < 4.78 is 0. The lowest BCUT2D eigenvalue weighted by molar-refractivity contribution is -0.116. The molecule has 22 heavy (non-hydrogen) atoms. The molecule has 0 bridgehead atoms. The van der Waals surface area contributed by atoms with E-state index in [1.165, 1.54) is 5.56 Å². The summed E-state index contributed by atoms with van der Waals surface area (Å²) in [7, 11) is 0. The molecule has 2 nitrogen and oxygen atoms in total. The predicted octanol–water partition coefficient (Wildman–Crippen LogP) is 5.28. The van der Waals surface area contributed by atoms with Crippen LogP contribution in [-0.2, 0) is 11.2 Å². The van der Waals surface area contributed by atoms with Crippen molar-refractivity contribution in [2.45, 2.75) is 25.7 Å². The van der Waals surface area contributed by atoms with E-state index in [0.717, 1.165) is 30.5 Å². The topological polar surface area (TPSA) is 29.1 Å². The Kier molecular flexibility index (Phi) is 6.75. The lowest BCUT2D eigenvalue weighted by Crippen LogP contribution is -2.13. The van der Waals surface area contributed by atoms with Crippen molar-refractivity contribution in [2.75, 3.05) is 11.2 Å². The Morgan fingerprint density at radius 3 is 2.55 bits per heavy atom. The Hall–Kier alpha value is -1.51. The molecule has 0 radical (unpaired) electrons. The quantitative estimate of drug-likeness (QED) is 0.541. The number of amides is 1. The molecular weight excluding hydrogens is 317 g/mol. The zero-order valence-electron chi connectivity index (χ0n) is 12.3. The molecule has 0 saturated carbocycles. The van der Waals surface area contributed by atoms with Gasteiger partial charge in [-0.05, 0) is 42.5 Å². The molecule has 0 atom stereocenters. The number of hydrogen-bond acceptors (Lipinski definition) is 1. The zero-order valence-corrected chi connectivity index (χ0v) is 13.8. The number of unbranched alkanes of at least 4 members (excludes halogenated alkanes) is 1. The van der Waals surface area contributed by atoms with Crippen LogP contribution in [0.25, 0.3) is 0 Å². The number of benzene rings is 2. The first-order chi connectivity index (χ1) is 10.7. The van der Waals surface area contributed by atoms with Gasteiger partial charge in [-0.15, -0.1) is 11.6 Å². The van der Waals surface area contributed by atoms with Gasteiger partial charge in [-0.2, -0.15) is 0 Å². The van der Waals surface area contributed by atoms with Crippen LogP contribution in [0.3, 0.4) is 0 Å². The predicted molar refractivity (Wildman–Crippen MR) is 93.9 cm³/mol. The van der Waals surface area contributed by atoms with Crippen LogP contribution in [0, 0.1) is 0 Å². The lowest BCUT2D eigenvalue weighted by atomic mass is 10.0. The average Bonchev–Trinajstić information content (AvgIpc) is 2.51. The third-order valence-electron chi connectivity index (χ3n) is 3.37. The van der Waals surface area contributed by atoms with Gasteiger partial charge in [0, 0.05) is 23.0 Å². The number of carbonyl (C=O) groups excluding carboxylic acids is 1. The monoisotopic (exact) mass is 335 g/mol. The molecule has 1 N–H and O–H groups in total. The molecule has 0 saturated heterocycles. The SMILES string of the molecule is O=C(CCCCCl)Nc1cc(Cl)ccc1Cc1ccccc1. The van der Waals surface area contributed by atoms with Gasteiger partial charge in [0.05, 0.1) is 0 Å². The van der Waals surface area contributed by atoms with Gasteiger partial charge in [-0.1, -0.05) is 48.0 Å². The number of rotatable bonds is 7. The van der Waals surface area contributed by atoms with Crippen LogP contribution in [0.4, 0.5) is 5.69 Å². The Morgan fingerprint density at radius 1 is 1.05 bits per heavy atom. The van der Waals surface area contributed by atoms with Gasteiger partial charge in [0.25, 0.3) is 0 Å². The second kappa shape index (κ2) is 8.82. The fourth-order valence-corrected chi connectivity index (χ4v) is 2.59. The molecule has 4 heteroatoms. The van der Waals surface area contributed by atoms with Gasteiger partial charge >= 0.3 is 0 Å². The normalized spacial score (nSPS) is 10.5. The summed E-state index contributed by atoms with van der Waals surface area (Å²) in [4.78, 5) is 12.0. The highest BCUT2D eigenvalue weighted by Crippen LogP contribution is 2.24. The first kappa shape index (κ1) is 16.9. The van der Waals surface area contributed by atoms with Gasteiger partial charge in [0.15, 0.2) is 0 Å². The molecular formula is C18H19Cl2NO. The Morgan fingerprint density at radius 2 is 1.82 bits per heavy atom. The van der Waals surface area contributed by atoms with Crippen LogP contribution in [0.2, 0.25) is 5.02 Å². The smallest absolute Gasteiger partial charge is 0.224 e. The summed E-state index contributed by atoms with van der Waals surface area (Å²) in [6.45, 7) is 0. The molecule has 0 aliphatic heterocycles. The second-order valence-corrected chi connectivity index (χ2v) is 5.97. The first-order valence-corrected chi connectivity index (χ1v) is 8.28. The number of nitrogens with one attached hydrogen (secondary N) is 1. The molecule has 0 aliphatic rings. The molecule has 0 aromatic heterocycles. The Balaban J connectivity index is 2.09. The molecule has 1 amide bonds. The minimum Gasteiger partial charge on any atom is -0.326 e. The van der Waals surface area contributed by atoms with Gasteiger partial charge < -0.3 is 5.32 Å². The van der Waals surface area contributed by atoms with E-state index < -0.39 is 0 Å². The molecule has 0 unspecified atom stereocenters. The van der Waals surface area contributed by atoms with Crippen molar-refractivity contribution in [3.8, 4) is 0 Å². The largest absolute Gasteiger partial charge is 0.326 e. The molecule has 0 spiro atoms. The lowest BCUT2D eigenvalue weighted by Gasteiger charge is -2.12. The molecule has 2 rings (SSSR count). The van der Waals surface area contributed by atoms with E-state index in [2.05, 4.69) is 17.4 Å². The number of anilines is 1. The van der Waals surface area contributed by atoms with E-state index in [0.29, 0.717) is 17.3 Å². The van der Waals surface area contributed by atoms with E-state index in [1.807, 2.05) is 30.3 Å². The first-order valence-electron chi connectivity index (χ1n) is 7.37. The van der Waals surface area contributed by atoms with Gasteiger partial charge in [-0.3, -0.25) is 4.79 Å². The standard InChI is InChI=1S/C18H19Cl2NO/c19-11-5-4-8-18(22)21-17-13-16(20)10-9-15(17)12-14-6-2-1-3-7-14/h1-3,6-7,9-10,13H,4-5,8,11-12H2,(H,21,22). The maximum Gasteiger partial charge on any atom is 0.224 e. The molecule has 2 aromatic rings. The number of halogens is 2. The second-order valence-electron chi connectivity index (χ2n) is 5.16. The third-order valence-corrected chi connectivity index (χ3v) is 3.87. The number of carbonyl (C=O) groups is 1. The third kappa shape index (κ3) is 5.36. The van der Waals surface area contributed by atoms with Crippen LogP contribution >= 0.6 is 23.2 Å². The van der Waals surface area contributed by atoms with Crippen molar-refractivity contribution in [3.05, 3.63) is 64.7 Å². The number of alkyl halides is 1. The summed E-state index contributed by atoms with van der Waals surface area (Å²) in [5, 5.41) is 3.58. The highest BCUT2D eigenvalue weighted by molar-refractivity contribution is 6.31. The Bertz CT molecular complexity index is 614. The zero-order chi connectivity index (χ0) is 15.8. The van der Waals surface area contributed by atoms with Crippen LogP contribution < -0.4 is 5.32 Å². The minimum atomic E-state index is 0.00157. The van der Waals surface area contributed by atoms with E-state index in [1.54, 1.807) is 6.07 Å². The van der Waals surface area contributed by atoms with Gasteiger partial charge in [0.2, 0.25) is 5.91 Å². The maximum absolute atomic E-state index is 12.0. The number of hydrogen-bond donors (Lipinski definition) is 1. The van der Waals surface area contributed by atoms with Crippen molar-refractivity contribution >= 4 is 34.8 Å². The summed E-state index contributed by atoms with van der Waals surface area (Å²) in [6.07, 6.45) is 2.88. The fourth-order valence-electron chi connectivity index (χ4n) is 2.23. The van der Waals surface area contributed by atoms with Crippen LogP contribution in [0.15, 0.2) is 48.5 Å². The van der Waals surface area contributed by atoms with Gasteiger partial charge in [-0.25, -0.2) is 0 Å². The van der Waals surface area contributed by atoms with E-state index in [-0.39, 0.29) is 5.91 Å². The van der Waals surface area contributed by atoms with Crippen molar-refractivity contribution in [2.24, 2.45) is 0 Å². The Labute approximate surface area is 141 Å². The maximum atomic E-state index is 12.0. The van der Waals surface area contributed by atoms with E-state index >= 15 is 0 Å². The molecule has 0 fully saturated rings. The van der Waals surface area contributed by atoms with Crippen molar-refractivity contribution < 1.29 is 4.79 Å². The van der Waals surface area contributed by atoms with Crippen molar-refractivity contribution in [1.82, 2.24) is 0 Å². The summed E-state index contributed by atoms with van der Waals surface area (Å²) >= 11 is 11.7. The van der Waals surface area contributed by atoms with Gasteiger partial charge in [0.1, 0.15) is 0 Å². The minimum absolute atomic E-state index is 0.00157. The summed E-state index contributed by atoms with van der Waals surface area (Å²) in [6, 6.07) is 15.8. The molecule has 2 aromatic carbocycles. The molecule has 0 aliphatic carbocycles. The van der Waals surface area contributed by atoms with Crippen molar-refractivity contribution in [1.29, 1.82) is 0 Å². The highest BCUT2D eigenvalue weighted by Gasteiger charge is 2.08. The van der Waals surface area contributed by atoms with Crippen LogP contribution in [0.1, 0.15) is 30.4 Å². The van der Waals surface area contributed by atoms with E-state index in [4.69, 9.17) is 23.2 Å². The summed E-state index contributed by atoms with van der Waals surface area (Å²) in [5.74, 6) is 0.589.